The molecule has 0 aromatic carbocycles. The van der Waals surface area contributed by atoms with Crippen molar-refractivity contribution in [1.29, 1.82) is 0 Å². The molecular weight excluding hydrogens is 316 g/mol. The van der Waals surface area contributed by atoms with Crippen LogP contribution in [0.5, 0.6) is 0 Å². The number of rotatable bonds is 2. The smallest absolute Gasteiger partial charge is 0.253 e. The lowest BCUT2D eigenvalue weighted by Gasteiger charge is -2.54. The Morgan fingerprint density at radius 1 is 1.10 bits per heavy atom. The maximum atomic E-state index is 12.4. The van der Waals surface area contributed by atoms with E-state index >= 15 is 0 Å². The van der Waals surface area contributed by atoms with Gasteiger partial charge in [0.15, 0.2) is 0 Å². The molecule has 1 N–H and O–H groups in total. The molecule has 5 rings (SSSR count). The molecule has 106 valence electrons. The summed E-state index contributed by atoms with van der Waals surface area (Å²) in [5, 5.41) is 3.31. The van der Waals surface area contributed by atoms with Gasteiger partial charge in [-0.25, -0.2) is 0 Å². The number of carbonyl (C=O) groups excluding carboxylic acids is 1. The Bertz CT molecular complexity index is 517. The fourth-order valence-corrected chi connectivity index (χ4v) is 5.30. The second kappa shape index (κ2) is 4.83. The van der Waals surface area contributed by atoms with Gasteiger partial charge in [0.25, 0.3) is 5.91 Å². The number of pyridine rings is 1. The minimum absolute atomic E-state index is 0.0382. The van der Waals surface area contributed by atoms with Crippen molar-refractivity contribution in [2.24, 2.45) is 23.7 Å². The summed E-state index contributed by atoms with van der Waals surface area (Å²) in [4.78, 5) is 16.5. The summed E-state index contributed by atoms with van der Waals surface area (Å²) in [7, 11) is 0. The van der Waals surface area contributed by atoms with Crippen molar-refractivity contribution in [2.45, 2.75) is 38.1 Å². The topological polar surface area (TPSA) is 42.0 Å². The minimum Gasteiger partial charge on any atom is -0.349 e. The molecule has 1 heterocycles. The van der Waals surface area contributed by atoms with Gasteiger partial charge in [-0.15, -0.1) is 0 Å². The molecule has 1 aromatic rings. The number of aromatic nitrogens is 1. The van der Waals surface area contributed by atoms with E-state index in [9.17, 15) is 4.79 Å². The lowest BCUT2D eigenvalue weighted by Crippen LogP contribution is -2.55. The van der Waals surface area contributed by atoms with Gasteiger partial charge in [-0.1, -0.05) is 0 Å². The number of nitrogens with zero attached hydrogens (tertiary/aromatic N) is 1. The molecule has 4 heteroatoms. The summed E-state index contributed by atoms with van der Waals surface area (Å²) in [6, 6.07) is 2.24. The van der Waals surface area contributed by atoms with Crippen LogP contribution in [0.15, 0.2) is 22.9 Å². The Labute approximate surface area is 127 Å². The second-order valence-corrected chi connectivity index (χ2v) is 7.74. The highest BCUT2D eigenvalue weighted by Gasteiger charge is 2.48. The Balaban J connectivity index is 1.50. The molecule has 4 bridgehead atoms. The van der Waals surface area contributed by atoms with Crippen LogP contribution >= 0.6 is 15.9 Å². The van der Waals surface area contributed by atoms with E-state index in [4.69, 9.17) is 0 Å². The Hall–Kier alpha value is -0.900. The third-order valence-corrected chi connectivity index (χ3v) is 5.93. The quantitative estimate of drug-likeness (QED) is 0.900. The summed E-state index contributed by atoms with van der Waals surface area (Å²) in [6.45, 7) is 0. The van der Waals surface area contributed by atoms with Crippen molar-refractivity contribution < 1.29 is 4.79 Å². The van der Waals surface area contributed by atoms with Crippen molar-refractivity contribution in [3.63, 3.8) is 0 Å². The van der Waals surface area contributed by atoms with Crippen molar-refractivity contribution in [2.75, 3.05) is 0 Å². The van der Waals surface area contributed by atoms with Gasteiger partial charge in [0.2, 0.25) is 0 Å². The molecule has 4 saturated carbocycles. The second-order valence-electron chi connectivity index (χ2n) is 6.82. The van der Waals surface area contributed by atoms with Gasteiger partial charge < -0.3 is 5.32 Å². The normalized spacial score (nSPS) is 38.0. The SMILES string of the molecule is O=C(NC1C2CC3CC(C2)CC1C3)c1cncc(Br)c1. The third kappa shape index (κ3) is 2.18. The monoisotopic (exact) mass is 334 g/mol. The van der Waals surface area contributed by atoms with Crippen LogP contribution in [0.2, 0.25) is 0 Å². The maximum absolute atomic E-state index is 12.4. The predicted octanol–water partition coefficient (Wildman–Crippen LogP) is 3.40. The highest BCUT2D eigenvalue weighted by Crippen LogP contribution is 2.53. The molecule has 0 aliphatic heterocycles. The van der Waals surface area contributed by atoms with Gasteiger partial charge in [0.1, 0.15) is 0 Å². The van der Waals surface area contributed by atoms with Gasteiger partial charge in [0, 0.05) is 22.9 Å². The Kier molecular flexibility index (Phi) is 3.09. The predicted molar refractivity (Wildman–Crippen MR) is 80.2 cm³/mol. The zero-order chi connectivity index (χ0) is 13.7. The lowest BCUT2D eigenvalue weighted by molar-refractivity contribution is -0.0119. The first-order valence-electron chi connectivity index (χ1n) is 7.60. The standard InChI is InChI=1S/C16H19BrN2O/c17-14-6-13(7-18-8-14)16(20)19-15-11-2-9-1-10(4-11)5-12(15)3-9/h6-12,15H,1-5H2,(H,19,20). The van der Waals surface area contributed by atoms with Crippen LogP contribution in [0, 0.1) is 23.7 Å². The Morgan fingerprint density at radius 2 is 1.75 bits per heavy atom. The Morgan fingerprint density at radius 3 is 2.35 bits per heavy atom. The minimum atomic E-state index is 0.0382. The van der Waals surface area contributed by atoms with E-state index in [-0.39, 0.29) is 5.91 Å². The molecule has 1 aromatic heterocycles. The van der Waals surface area contributed by atoms with Crippen LogP contribution in [-0.2, 0) is 0 Å². The zero-order valence-corrected chi connectivity index (χ0v) is 13.0. The van der Waals surface area contributed by atoms with Crippen LogP contribution in [0.1, 0.15) is 42.5 Å². The molecule has 20 heavy (non-hydrogen) atoms. The summed E-state index contributed by atoms with van der Waals surface area (Å²) in [5.74, 6) is 3.36. The summed E-state index contributed by atoms with van der Waals surface area (Å²) in [6.07, 6.45) is 10.1. The highest BCUT2D eigenvalue weighted by molar-refractivity contribution is 9.10. The van der Waals surface area contributed by atoms with Crippen LogP contribution in [-0.4, -0.2) is 16.9 Å². The van der Waals surface area contributed by atoms with E-state index < -0.39 is 0 Å². The first-order chi connectivity index (χ1) is 9.69. The molecule has 1 amide bonds. The third-order valence-electron chi connectivity index (χ3n) is 5.49. The van der Waals surface area contributed by atoms with Crippen molar-refractivity contribution >= 4 is 21.8 Å². The van der Waals surface area contributed by atoms with Crippen LogP contribution < -0.4 is 5.32 Å². The molecule has 4 aliphatic carbocycles. The van der Waals surface area contributed by atoms with Gasteiger partial charge in [-0.3, -0.25) is 9.78 Å². The van der Waals surface area contributed by atoms with E-state index in [0.29, 0.717) is 11.6 Å². The average molecular weight is 335 g/mol. The summed E-state index contributed by atoms with van der Waals surface area (Å²) in [5.41, 5.74) is 0.660. The molecule has 4 fully saturated rings. The number of carbonyl (C=O) groups is 1. The maximum Gasteiger partial charge on any atom is 0.253 e. The van der Waals surface area contributed by atoms with Crippen molar-refractivity contribution in [3.05, 3.63) is 28.5 Å². The number of halogens is 1. The summed E-state index contributed by atoms with van der Waals surface area (Å²) >= 11 is 3.38. The van der Waals surface area contributed by atoms with Crippen LogP contribution in [0.4, 0.5) is 0 Å². The van der Waals surface area contributed by atoms with Gasteiger partial charge in [-0.2, -0.15) is 0 Å². The lowest BCUT2D eigenvalue weighted by atomic mass is 9.54. The van der Waals surface area contributed by atoms with E-state index in [1.807, 2.05) is 6.07 Å². The highest BCUT2D eigenvalue weighted by atomic mass is 79.9. The molecule has 0 unspecified atom stereocenters. The first-order valence-corrected chi connectivity index (χ1v) is 8.40. The first kappa shape index (κ1) is 12.8. The number of hydrogen-bond donors (Lipinski definition) is 1. The fourth-order valence-electron chi connectivity index (χ4n) is 4.93. The molecule has 0 saturated heterocycles. The van der Waals surface area contributed by atoms with Crippen LogP contribution in [0.25, 0.3) is 0 Å². The van der Waals surface area contributed by atoms with E-state index in [1.165, 1.54) is 32.1 Å². The zero-order valence-electron chi connectivity index (χ0n) is 11.4. The number of amides is 1. The van der Waals surface area contributed by atoms with E-state index in [0.717, 1.165) is 28.1 Å². The fraction of sp³-hybridized carbons (Fsp3) is 0.625. The van der Waals surface area contributed by atoms with Gasteiger partial charge in [-0.05, 0) is 77.8 Å². The van der Waals surface area contributed by atoms with E-state index in [2.05, 4.69) is 26.2 Å². The largest absolute Gasteiger partial charge is 0.349 e. The molecule has 0 atom stereocenters. The summed E-state index contributed by atoms with van der Waals surface area (Å²) < 4.78 is 0.857. The number of nitrogens with one attached hydrogen (secondary N) is 1. The van der Waals surface area contributed by atoms with E-state index in [1.54, 1.807) is 12.4 Å². The van der Waals surface area contributed by atoms with Gasteiger partial charge in [0.05, 0.1) is 5.56 Å². The molecule has 3 nitrogen and oxygen atoms in total. The molecule has 0 spiro atoms. The number of hydrogen-bond acceptors (Lipinski definition) is 2. The van der Waals surface area contributed by atoms with Crippen molar-refractivity contribution in [1.82, 2.24) is 10.3 Å². The average Bonchev–Trinajstić information content (AvgIpc) is 2.42. The van der Waals surface area contributed by atoms with Crippen molar-refractivity contribution in [3.8, 4) is 0 Å². The van der Waals surface area contributed by atoms with Crippen LogP contribution in [0.3, 0.4) is 0 Å². The molecule has 4 aliphatic rings. The van der Waals surface area contributed by atoms with Gasteiger partial charge >= 0.3 is 0 Å². The molecular formula is C16H19BrN2O. The molecule has 0 radical (unpaired) electrons.